The summed E-state index contributed by atoms with van der Waals surface area (Å²) in [4.78, 5) is 1.23. The third kappa shape index (κ3) is 2.55. The smallest absolute Gasteiger partial charge is 0.0417 e. The standard InChI is InChI=1S/C13H18ClNS/c1-13(2)7-6-11(12(13)15)16-10-5-3-4-9(14)8-10/h3-5,8,11-12H,6-7,15H2,1-2H3. The molecule has 16 heavy (non-hydrogen) atoms. The van der Waals surface area contributed by atoms with Crippen LogP contribution in [0, 0.1) is 5.41 Å². The monoisotopic (exact) mass is 255 g/mol. The highest BCUT2D eigenvalue weighted by molar-refractivity contribution is 8.00. The van der Waals surface area contributed by atoms with Crippen LogP contribution in [0.5, 0.6) is 0 Å². The first-order chi connectivity index (χ1) is 7.49. The van der Waals surface area contributed by atoms with Crippen molar-refractivity contribution in [3.63, 3.8) is 0 Å². The van der Waals surface area contributed by atoms with E-state index in [0.717, 1.165) is 5.02 Å². The first-order valence-electron chi connectivity index (χ1n) is 5.67. The molecule has 1 aromatic carbocycles. The molecule has 0 aliphatic heterocycles. The summed E-state index contributed by atoms with van der Waals surface area (Å²) in [6, 6.07) is 8.30. The van der Waals surface area contributed by atoms with Gasteiger partial charge in [-0.15, -0.1) is 11.8 Å². The maximum Gasteiger partial charge on any atom is 0.0417 e. The van der Waals surface area contributed by atoms with Crippen LogP contribution in [0.4, 0.5) is 0 Å². The van der Waals surface area contributed by atoms with Crippen molar-refractivity contribution in [2.75, 3.05) is 0 Å². The average Bonchev–Trinajstić information content (AvgIpc) is 2.45. The Balaban J connectivity index is 2.06. The molecule has 88 valence electrons. The zero-order valence-corrected chi connectivity index (χ0v) is 11.3. The fraction of sp³-hybridized carbons (Fsp3) is 0.538. The summed E-state index contributed by atoms with van der Waals surface area (Å²) >= 11 is 7.84. The van der Waals surface area contributed by atoms with Gasteiger partial charge in [-0.1, -0.05) is 31.5 Å². The van der Waals surface area contributed by atoms with E-state index in [-0.39, 0.29) is 11.5 Å². The van der Waals surface area contributed by atoms with Crippen LogP contribution >= 0.6 is 23.4 Å². The van der Waals surface area contributed by atoms with E-state index in [2.05, 4.69) is 19.9 Å². The molecule has 0 saturated heterocycles. The molecule has 2 atom stereocenters. The number of nitrogens with two attached hydrogens (primary N) is 1. The first-order valence-corrected chi connectivity index (χ1v) is 6.92. The lowest BCUT2D eigenvalue weighted by atomic mass is 9.88. The van der Waals surface area contributed by atoms with Crippen LogP contribution in [0.1, 0.15) is 26.7 Å². The predicted octanol–water partition coefficient (Wildman–Crippen LogP) is 3.95. The summed E-state index contributed by atoms with van der Waals surface area (Å²) in [6.07, 6.45) is 2.41. The lowest BCUT2D eigenvalue weighted by Crippen LogP contribution is -2.38. The third-order valence-corrected chi connectivity index (χ3v) is 5.05. The highest BCUT2D eigenvalue weighted by Gasteiger charge is 2.39. The number of hydrogen-bond donors (Lipinski definition) is 1. The van der Waals surface area contributed by atoms with E-state index < -0.39 is 0 Å². The fourth-order valence-corrected chi connectivity index (χ4v) is 3.92. The van der Waals surface area contributed by atoms with Crippen molar-refractivity contribution in [2.24, 2.45) is 11.1 Å². The molecule has 2 N–H and O–H groups in total. The molecule has 2 unspecified atom stereocenters. The van der Waals surface area contributed by atoms with Crippen LogP contribution in [-0.4, -0.2) is 11.3 Å². The summed E-state index contributed by atoms with van der Waals surface area (Å²) in [6.45, 7) is 4.52. The summed E-state index contributed by atoms with van der Waals surface area (Å²) in [5.74, 6) is 0. The molecule has 1 aliphatic carbocycles. The van der Waals surface area contributed by atoms with Gasteiger partial charge in [-0.25, -0.2) is 0 Å². The summed E-state index contributed by atoms with van der Waals surface area (Å²) in [5, 5.41) is 1.32. The number of halogens is 1. The normalized spacial score (nSPS) is 28.2. The van der Waals surface area contributed by atoms with Gasteiger partial charge in [-0.3, -0.25) is 0 Å². The van der Waals surface area contributed by atoms with Gasteiger partial charge in [0.2, 0.25) is 0 Å². The van der Waals surface area contributed by atoms with Crippen molar-refractivity contribution in [1.29, 1.82) is 0 Å². The number of benzene rings is 1. The third-order valence-electron chi connectivity index (χ3n) is 3.46. The van der Waals surface area contributed by atoms with Crippen LogP contribution in [0.2, 0.25) is 5.02 Å². The molecule has 0 radical (unpaired) electrons. The quantitative estimate of drug-likeness (QED) is 0.866. The zero-order valence-electron chi connectivity index (χ0n) is 9.74. The van der Waals surface area contributed by atoms with E-state index in [4.69, 9.17) is 17.3 Å². The molecule has 1 aromatic rings. The Labute approximate surface area is 107 Å². The van der Waals surface area contributed by atoms with Crippen LogP contribution in [0.3, 0.4) is 0 Å². The molecule has 0 bridgehead atoms. The highest BCUT2D eigenvalue weighted by Crippen LogP contribution is 2.44. The predicted molar refractivity (Wildman–Crippen MR) is 72.1 cm³/mol. The molecule has 1 nitrogen and oxygen atoms in total. The zero-order chi connectivity index (χ0) is 11.8. The average molecular weight is 256 g/mol. The second-order valence-corrected chi connectivity index (χ2v) is 6.92. The molecule has 3 heteroatoms. The van der Waals surface area contributed by atoms with E-state index in [9.17, 15) is 0 Å². The van der Waals surface area contributed by atoms with Gasteiger partial charge in [-0.2, -0.15) is 0 Å². The van der Waals surface area contributed by atoms with Gasteiger partial charge in [-0.05, 0) is 36.5 Å². The van der Waals surface area contributed by atoms with Crippen LogP contribution in [-0.2, 0) is 0 Å². The Bertz CT molecular complexity index is 378. The van der Waals surface area contributed by atoms with E-state index >= 15 is 0 Å². The van der Waals surface area contributed by atoms with Gasteiger partial charge in [0, 0.05) is 21.2 Å². The van der Waals surface area contributed by atoms with Gasteiger partial charge < -0.3 is 5.73 Å². The van der Waals surface area contributed by atoms with Crippen molar-refractivity contribution in [2.45, 2.75) is 42.9 Å². The van der Waals surface area contributed by atoms with Gasteiger partial charge in [0.05, 0.1) is 0 Å². The van der Waals surface area contributed by atoms with Crippen molar-refractivity contribution in [3.05, 3.63) is 29.3 Å². The maximum absolute atomic E-state index is 6.29. The molecule has 0 aromatic heterocycles. The minimum Gasteiger partial charge on any atom is -0.326 e. The largest absolute Gasteiger partial charge is 0.326 e. The van der Waals surface area contributed by atoms with Gasteiger partial charge in [0.25, 0.3) is 0 Å². The van der Waals surface area contributed by atoms with Crippen molar-refractivity contribution in [3.8, 4) is 0 Å². The van der Waals surface area contributed by atoms with Gasteiger partial charge >= 0.3 is 0 Å². The Morgan fingerprint density at radius 2 is 2.19 bits per heavy atom. The molecule has 1 fully saturated rings. The maximum atomic E-state index is 6.29. The van der Waals surface area contributed by atoms with Crippen LogP contribution in [0.15, 0.2) is 29.2 Å². The topological polar surface area (TPSA) is 26.0 Å². The minimum atomic E-state index is 0.274. The lowest BCUT2D eigenvalue weighted by molar-refractivity contribution is 0.334. The molecule has 0 amide bonds. The summed E-state index contributed by atoms with van der Waals surface area (Å²) in [5.41, 5.74) is 6.56. The van der Waals surface area contributed by atoms with Crippen LogP contribution in [0.25, 0.3) is 0 Å². The lowest BCUT2D eigenvalue weighted by Gasteiger charge is -2.26. The van der Waals surface area contributed by atoms with Crippen LogP contribution < -0.4 is 5.73 Å². The molecular formula is C13H18ClNS. The fourth-order valence-electron chi connectivity index (χ4n) is 2.21. The van der Waals surface area contributed by atoms with E-state index in [1.165, 1.54) is 17.7 Å². The highest BCUT2D eigenvalue weighted by atomic mass is 35.5. The molecule has 0 spiro atoms. The second kappa shape index (κ2) is 4.59. The van der Waals surface area contributed by atoms with Gasteiger partial charge in [0.1, 0.15) is 0 Å². The Morgan fingerprint density at radius 1 is 1.44 bits per heavy atom. The second-order valence-electron chi connectivity index (χ2n) is 5.17. The molecular weight excluding hydrogens is 238 g/mol. The summed E-state index contributed by atoms with van der Waals surface area (Å²) < 4.78 is 0. The Kier molecular flexibility index (Phi) is 3.53. The molecule has 1 aliphatic rings. The minimum absolute atomic E-state index is 0.274. The molecule has 0 heterocycles. The molecule has 2 rings (SSSR count). The van der Waals surface area contributed by atoms with Gasteiger partial charge in [0.15, 0.2) is 0 Å². The van der Waals surface area contributed by atoms with Crippen molar-refractivity contribution < 1.29 is 0 Å². The summed E-state index contributed by atoms with van der Waals surface area (Å²) in [7, 11) is 0. The molecule has 1 saturated carbocycles. The Hall–Kier alpha value is -0.180. The van der Waals surface area contributed by atoms with Crippen molar-refractivity contribution >= 4 is 23.4 Å². The van der Waals surface area contributed by atoms with E-state index in [1.807, 2.05) is 30.0 Å². The SMILES string of the molecule is CC1(C)CCC(Sc2cccc(Cl)c2)C1N. The van der Waals surface area contributed by atoms with E-state index in [0.29, 0.717) is 5.25 Å². The van der Waals surface area contributed by atoms with Crippen molar-refractivity contribution in [1.82, 2.24) is 0 Å². The number of thioether (sulfide) groups is 1. The Morgan fingerprint density at radius 3 is 2.75 bits per heavy atom. The number of rotatable bonds is 2. The van der Waals surface area contributed by atoms with E-state index in [1.54, 1.807) is 0 Å². The number of hydrogen-bond acceptors (Lipinski definition) is 2. The first kappa shape index (κ1) is 12.3.